The number of anilines is 1. The Labute approximate surface area is 389 Å². The highest BCUT2D eigenvalue weighted by Crippen LogP contribution is 2.40. The zero-order chi connectivity index (χ0) is 45.2. The highest BCUT2D eigenvalue weighted by molar-refractivity contribution is 9.10. The standard InChI is InChI=1S/C22H27BrN6O2.C18H16BrClN4O2.C4H12N2/c1-4-31-10-9-29-13-17-20(19-16-12-15(23)6-5-14(16)11-18(19)30)25-22(26-21(17)27-29)24-7-8-28(2)3;1-2-26-6-5-24-9-13-16(21-18(20)22-17(13)23-24)15-12-8-11(19)4-3-10(12)7-14(15)25;1-6(2)4-3-5/h5-6,12-13,19H,4,7-11H2,1-3H3,(H,24,26,27);3-4,8-9,15H,2,5-7H2,1H3;3-5H2,1-2H3. The predicted octanol–water partition coefficient (Wildman–Crippen LogP) is 5.90. The van der Waals surface area contributed by atoms with Crippen LogP contribution >= 0.6 is 43.5 Å². The highest BCUT2D eigenvalue weighted by Gasteiger charge is 2.36. The van der Waals surface area contributed by atoms with Crippen LogP contribution in [0.2, 0.25) is 5.28 Å². The molecule has 8 rings (SSSR count). The maximum absolute atomic E-state index is 13.1. The summed E-state index contributed by atoms with van der Waals surface area (Å²) in [5.74, 6) is -0.117. The van der Waals surface area contributed by atoms with E-state index in [1.54, 1.807) is 4.68 Å². The number of Topliss-reactive ketones (excluding diaryl/α,β-unsaturated/α-hetero) is 2. The van der Waals surface area contributed by atoms with Crippen LogP contribution < -0.4 is 11.1 Å². The molecule has 2 aliphatic rings. The van der Waals surface area contributed by atoms with Gasteiger partial charge in [0, 0.05) is 73.6 Å². The number of benzene rings is 2. The molecule has 4 heterocycles. The van der Waals surface area contributed by atoms with E-state index in [4.69, 9.17) is 31.8 Å². The molecule has 19 heteroatoms. The van der Waals surface area contributed by atoms with Gasteiger partial charge in [-0.3, -0.25) is 19.0 Å². The minimum Gasteiger partial charge on any atom is -0.380 e. The van der Waals surface area contributed by atoms with Gasteiger partial charge in [-0.25, -0.2) is 9.97 Å². The number of likely N-dealkylation sites (N-methyl/N-ethyl adjacent to an activating group) is 2. The van der Waals surface area contributed by atoms with Gasteiger partial charge in [-0.2, -0.15) is 20.2 Å². The number of rotatable bonds is 16. The summed E-state index contributed by atoms with van der Waals surface area (Å²) in [6, 6.07) is 11.9. The van der Waals surface area contributed by atoms with Crippen LogP contribution in [0.15, 0.2) is 57.7 Å². The summed E-state index contributed by atoms with van der Waals surface area (Å²) in [6.07, 6.45) is 4.61. The second-order valence-electron chi connectivity index (χ2n) is 15.6. The number of hydrogen-bond acceptors (Lipinski definition) is 14. The van der Waals surface area contributed by atoms with E-state index in [9.17, 15) is 9.59 Å². The third-order valence-corrected chi connectivity index (χ3v) is 11.6. The number of hydrogen-bond donors (Lipinski definition) is 2. The number of nitrogens with one attached hydrogen (secondary N) is 1. The molecule has 6 aromatic rings. The van der Waals surface area contributed by atoms with Crippen LogP contribution in [0.25, 0.3) is 22.1 Å². The monoisotopic (exact) mass is 1010 g/mol. The normalized spacial score (nSPS) is 15.5. The summed E-state index contributed by atoms with van der Waals surface area (Å²) in [5.41, 5.74) is 11.6. The first-order valence-electron chi connectivity index (χ1n) is 21.0. The van der Waals surface area contributed by atoms with E-state index in [0.717, 1.165) is 61.6 Å². The van der Waals surface area contributed by atoms with Crippen LogP contribution in [-0.4, -0.2) is 142 Å². The summed E-state index contributed by atoms with van der Waals surface area (Å²) >= 11 is 13.2. The van der Waals surface area contributed by atoms with Crippen LogP contribution in [0.3, 0.4) is 0 Å². The smallest absolute Gasteiger partial charge is 0.225 e. The van der Waals surface area contributed by atoms with E-state index in [1.165, 1.54) is 0 Å². The summed E-state index contributed by atoms with van der Waals surface area (Å²) < 4.78 is 16.3. The topological polar surface area (TPSA) is 184 Å². The third kappa shape index (κ3) is 12.3. The van der Waals surface area contributed by atoms with Crippen molar-refractivity contribution in [1.29, 1.82) is 0 Å². The van der Waals surface area contributed by atoms with Gasteiger partial charge in [0.1, 0.15) is 0 Å². The van der Waals surface area contributed by atoms with Crippen LogP contribution in [-0.2, 0) is 45.0 Å². The molecule has 0 aliphatic heterocycles. The van der Waals surface area contributed by atoms with Crippen molar-refractivity contribution in [2.75, 3.05) is 86.1 Å². The molecule has 0 fully saturated rings. The molecule has 2 aliphatic carbocycles. The predicted molar refractivity (Wildman–Crippen MR) is 253 cm³/mol. The second-order valence-corrected chi connectivity index (χ2v) is 17.8. The number of ether oxygens (including phenoxy) is 2. The largest absolute Gasteiger partial charge is 0.380 e. The first kappa shape index (κ1) is 48.2. The summed E-state index contributed by atoms with van der Waals surface area (Å²) in [7, 11) is 8.05. The molecule has 0 saturated carbocycles. The minimum atomic E-state index is -0.449. The molecule has 0 amide bonds. The fourth-order valence-corrected chi connectivity index (χ4v) is 8.37. The van der Waals surface area contributed by atoms with Crippen molar-refractivity contribution < 1.29 is 19.1 Å². The van der Waals surface area contributed by atoms with Gasteiger partial charge in [0.25, 0.3) is 0 Å². The van der Waals surface area contributed by atoms with Gasteiger partial charge in [-0.15, -0.1) is 0 Å². The van der Waals surface area contributed by atoms with E-state index < -0.39 is 11.8 Å². The number of carbonyl (C=O) groups excluding carboxylic acids is 2. The number of nitrogens with two attached hydrogens (primary N) is 1. The molecular weight excluding hydrogens is 956 g/mol. The molecule has 2 unspecified atom stereocenters. The van der Waals surface area contributed by atoms with Gasteiger partial charge in [0.05, 0.1) is 60.3 Å². The molecule has 3 N–H and O–H groups in total. The van der Waals surface area contributed by atoms with Crippen LogP contribution in [0.1, 0.15) is 59.3 Å². The molecular formula is C44H55Br2ClN12O4. The summed E-state index contributed by atoms with van der Waals surface area (Å²) in [6.45, 7) is 10.9. The Kier molecular flexibility index (Phi) is 17.3. The van der Waals surface area contributed by atoms with E-state index in [-0.39, 0.29) is 16.9 Å². The van der Waals surface area contributed by atoms with Crippen LogP contribution in [0, 0.1) is 0 Å². The second kappa shape index (κ2) is 22.6. The number of aromatic nitrogens is 8. The van der Waals surface area contributed by atoms with Crippen molar-refractivity contribution in [1.82, 2.24) is 49.3 Å². The number of carbonyl (C=O) groups is 2. The molecule has 0 spiro atoms. The Hall–Kier alpha value is -4.27. The fourth-order valence-electron chi connectivity index (χ4n) is 7.44. The quantitative estimate of drug-likeness (QED) is 0.0864. The molecule has 16 nitrogen and oxygen atoms in total. The molecule has 2 aromatic carbocycles. The minimum absolute atomic E-state index is 0.0961. The number of fused-ring (bicyclic) bond motifs is 4. The Bertz CT molecular complexity index is 2530. The van der Waals surface area contributed by atoms with E-state index in [2.05, 4.69) is 72.1 Å². The molecule has 4 aromatic heterocycles. The van der Waals surface area contributed by atoms with Crippen molar-refractivity contribution in [3.8, 4) is 0 Å². The fraction of sp³-hybridized carbons (Fsp3) is 0.455. The Balaban J connectivity index is 0.000000188. The van der Waals surface area contributed by atoms with Crippen molar-refractivity contribution >= 4 is 83.0 Å². The first-order valence-corrected chi connectivity index (χ1v) is 22.9. The Morgan fingerprint density at radius 1 is 0.746 bits per heavy atom. The SMILES string of the molecule is CCOCCn1cc2c(C3C(=O)Cc4ccc(Br)cc43)nc(Cl)nc2n1.CCOCCn1cc2c(C3C(=O)Cc4ccc(Br)cc43)nc(NCCN(C)C)nc2n1.CN(C)CCN. The third-order valence-electron chi connectivity index (χ3n) is 10.4. The zero-order valence-corrected chi connectivity index (χ0v) is 40.5. The van der Waals surface area contributed by atoms with E-state index in [1.807, 2.05) is 95.5 Å². The summed E-state index contributed by atoms with van der Waals surface area (Å²) in [4.78, 5) is 48.0. The molecule has 0 bridgehead atoms. The highest BCUT2D eigenvalue weighted by atomic mass is 79.9. The number of ketones is 2. The van der Waals surface area contributed by atoms with Gasteiger partial charge in [-0.05, 0) is 100 Å². The van der Waals surface area contributed by atoms with Gasteiger partial charge < -0.3 is 30.3 Å². The van der Waals surface area contributed by atoms with E-state index >= 15 is 0 Å². The average molecular weight is 1010 g/mol. The van der Waals surface area contributed by atoms with Crippen molar-refractivity contribution in [3.63, 3.8) is 0 Å². The maximum atomic E-state index is 13.1. The molecule has 2 atom stereocenters. The molecule has 63 heavy (non-hydrogen) atoms. The van der Waals surface area contributed by atoms with Crippen molar-refractivity contribution in [2.45, 2.75) is 51.6 Å². The van der Waals surface area contributed by atoms with E-state index in [0.29, 0.717) is 87.5 Å². The van der Waals surface area contributed by atoms with Gasteiger partial charge in [0.15, 0.2) is 22.9 Å². The van der Waals surface area contributed by atoms with Gasteiger partial charge >= 0.3 is 0 Å². The lowest BCUT2D eigenvalue weighted by Gasteiger charge is -2.14. The van der Waals surface area contributed by atoms with Crippen molar-refractivity contribution in [2.24, 2.45) is 5.73 Å². The Morgan fingerprint density at radius 2 is 1.24 bits per heavy atom. The summed E-state index contributed by atoms with van der Waals surface area (Å²) in [5, 5.41) is 14.0. The maximum Gasteiger partial charge on any atom is 0.225 e. The zero-order valence-electron chi connectivity index (χ0n) is 36.6. The molecule has 0 radical (unpaired) electrons. The van der Waals surface area contributed by atoms with Crippen LogP contribution in [0.5, 0.6) is 0 Å². The Morgan fingerprint density at radius 3 is 1.70 bits per heavy atom. The molecule has 0 saturated heterocycles. The molecule has 336 valence electrons. The lowest BCUT2D eigenvalue weighted by atomic mass is 9.95. The van der Waals surface area contributed by atoms with Gasteiger partial charge in [-0.1, -0.05) is 44.0 Å². The number of halogens is 3. The first-order chi connectivity index (χ1) is 30.3. The lowest BCUT2D eigenvalue weighted by molar-refractivity contribution is -0.119. The van der Waals surface area contributed by atoms with Crippen molar-refractivity contribution in [3.05, 3.63) is 96.7 Å². The lowest BCUT2D eigenvalue weighted by Crippen LogP contribution is -2.22. The van der Waals surface area contributed by atoms with Crippen LogP contribution in [0.4, 0.5) is 5.95 Å². The van der Waals surface area contributed by atoms with Gasteiger partial charge in [0.2, 0.25) is 11.2 Å². The number of nitrogens with zero attached hydrogens (tertiary/aromatic N) is 10. The average Bonchev–Trinajstić information content (AvgIpc) is 3.99.